The molecule has 0 aromatic rings. The Hall–Kier alpha value is -0.610. The minimum absolute atomic E-state index is 0.0415. The van der Waals surface area contributed by atoms with Gasteiger partial charge in [-0.2, -0.15) is 0 Å². The highest BCUT2D eigenvalue weighted by Crippen LogP contribution is 2.16. The summed E-state index contributed by atoms with van der Waals surface area (Å²) >= 11 is 0. The number of carboxylic acids is 1. The van der Waals surface area contributed by atoms with E-state index in [-0.39, 0.29) is 18.8 Å². The second-order valence-electron chi connectivity index (χ2n) is 3.34. The van der Waals surface area contributed by atoms with E-state index in [4.69, 9.17) is 14.6 Å². The summed E-state index contributed by atoms with van der Waals surface area (Å²) in [7, 11) is 0. The fourth-order valence-electron chi connectivity index (χ4n) is 1.37. The molecule has 0 amide bonds. The Balaban J connectivity index is 2.18. The number of carboxylic acid groups (broad SMARTS) is 1. The molecule has 0 saturated carbocycles. The van der Waals surface area contributed by atoms with Crippen LogP contribution in [0.3, 0.4) is 0 Å². The topological polar surface area (TPSA) is 55.8 Å². The van der Waals surface area contributed by atoms with Crippen LogP contribution < -0.4 is 0 Å². The van der Waals surface area contributed by atoms with E-state index in [2.05, 4.69) is 0 Å². The Labute approximate surface area is 77.8 Å². The lowest BCUT2D eigenvalue weighted by Gasteiger charge is -2.25. The van der Waals surface area contributed by atoms with E-state index < -0.39 is 5.97 Å². The molecule has 1 heterocycles. The van der Waals surface area contributed by atoms with Crippen LogP contribution in [0.25, 0.3) is 0 Å². The van der Waals surface area contributed by atoms with E-state index in [0.29, 0.717) is 0 Å². The predicted octanol–water partition coefficient (Wildman–Crippen LogP) is 1.39. The smallest absolute Gasteiger partial charge is 0.305 e. The lowest BCUT2D eigenvalue weighted by Crippen LogP contribution is -2.27. The molecule has 1 aliphatic rings. The average molecular weight is 188 g/mol. The van der Waals surface area contributed by atoms with Crippen molar-refractivity contribution in [3.63, 3.8) is 0 Å². The third-order valence-corrected chi connectivity index (χ3v) is 1.98. The summed E-state index contributed by atoms with van der Waals surface area (Å²) in [5.41, 5.74) is 0. The third kappa shape index (κ3) is 4.24. The van der Waals surface area contributed by atoms with Gasteiger partial charge in [-0.15, -0.1) is 0 Å². The van der Waals surface area contributed by atoms with Gasteiger partial charge < -0.3 is 14.6 Å². The van der Waals surface area contributed by atoms with Crippen molar-refractivity contribution in [2.24, 2.45) is 0 Å². The summed E-state index contributed by atoms with van der Waals surface area (Å²) in [6.07, 6.45) is 2.64. The van der Waals surface area contributed by atoms with Gasteiger partial charge in [0.1, 0.15) is 0 Å². The maximum atomic E-state index is 10.3. The minimum atomic E-state index is -0.830. The maximum absolute atomic E-state index is 10.3. The molecule has 1 saturated heterocycles. The lowest BCUT2D eigenvalue weighted by atomic mass is 10.2. The third-order valence-electron chi connectivity index (χ3n) is 1.98. The molecule has 0 aromatic heterocycles. The van der Waals surface area contributed by atoms with E-state index in [9.17, 15) is 4.79 Å². The largest absolute Gasteiger partial charge is 0.481 e. The first-order chi connectivity index (χ1) is 6.18. The fourth-order valence-corrected chi connectivity index (χ4v) is 1.37. The zero-order valence-corrected chi connectivity index (χ0v) is 7.86. The number of ether oxygens (including phenoxy) is 2. The second-order valence-corrected chi connectivity index (χ2v) is 3.34. The normalized spacial score (nSPS) is 25.5. The molecule has 76 valence electrons. The highest BCUT2D eigenvalue weighted by Gasteiger charge is 2.18. The van der Waals surface area contributed by atoms with Crippen LogP contribution in [0.4, 0.5) is 0 Å². The Morgan fingerprint density at radius 2 is 2.46 bits per heavy atom. The second kappa shape index (κ2) is 5.19. The molecule has 0 spiro atoms. The van der Waals surface area contributed by atoms with Crippen molar-refractivity contribution in [1.82, 2.24) is 0 Å². The number of hydrogen-bond donors (Lipinski definition) is 1. The van der Waals surface area contributed by atoms with Gasteiger partial charge in [-0.1, -0.05) is 0 Å². The molecule has 0 aliphatic carbocycles. The van der Waals surface area contributed by atoms with Crippen molar-refractivity contribution >= 4 is 5.97 Å². The highest BCUT2D eigenvalue weighted by atomic mass is 16.7. The Bertz CT molecular complexity index is 163. The van der Waals surface area contributed by atoms with Gasteiger partial charge in [-0.3, -0.25) is 4.79 Å². The first-order valence-corrected chi connectivity index (χ1v) is 4.67. The van der Waals surface area contributed by atoms with Crippen LogP contribution in [0.15, 0.2) is 0 Å². The van der Waals surface area contributed by atoms with Gasteiger partial charge in [0.2, 0.25) is 0 Å². The first kappa shape index (κ1) is 10.5. The zero-order chi connectivity index (χ0) is 9.68. The molecule has 1 rings (SSSR count). The predicted molar refractivity (Wildman–Crippen MR) is 46.4 cm³/mol. The number of rotatable bonds is 4. The number of hydrogen-bond acceptors (Lipinski definition) is 3. The molecule has 13 heavy (non-hydrogen) atoms. The number of carbonyl (C=O) groups is 1. The fraction of sp³-hybridized carbons (Fsp3) is 0.889. The SMILES string of the molecule is CC(CC(=O)O)OC1CCCCO1. The monoisotopic (exact) mass is 188 g/mol. The molecule has 4 heteroatoms. The standard InChI is InChI=1S/C9H16O4/c1-7(6-8(10)11)13-9-4-2-3-5-12-9/h7,9H,2-6H2,1H3,(H,10,11). The molecular formula is C9H16O4. The summed E-state index contributed by atoms with van der Waals surface area (Å²) in [5, 5.41) is 8.49. The molecule has 2 atom stereocenters. The van der Waals surface area contributed by atoms with E-state index in [1.165, 1.54) is 0 Å². The van der Waals surface area contributed by atoms with Crippen molar-refractivity contribution < 1.29 is 19.4 Å². The summed E-state index contributed by atoms with van der Waals surface area (Å²) in [6, 6.07) is 0. The average Bonchev–Trinajstić information content (AvgIpc) is 2.04. The Morgan fingerprint density at radius 3 is 3.00 bits per heavy atom. The quantitative estimate of drug-likeness (QED) is 0.724. The van der Waals surface area contributed by atoms with Crippen LogP contribution in [-0.4, -0.2) is 30.1 Å². The Kier molecular flexibility index (Phi) is 4.18. The van der Waals surface area contributed by atoms with Gasteiger partial charge in [0, 0.05) is 6.61 Å². The molecule has 2 unspecified atom stereocenters. The minimum Gasteiger partial charge on any atom is -0.481 e. The van der Waals surface area contributed by atoms with Crippen molar-refractivity contribution in [3.8, 4) is 0 Å². The molecule has 1 N–H and O–H groups in total. The van der Waals surface area contributed by atoms with E-state index in [1.54, 1.807) is 6.92 Å². The molecule has 1 aliphatic heterocycles. The highest BCUT2D eigenvalue weighted by molar-refractivity contribution is 5.67. The summed E-state index contributed by atoms with van der Waals surface area (Å²) in [4.78, 5) is 10.3. The molecular weight excluding hydrogens is 172 g/mol. The molecule has 0 bridgehead atoms. The maximum Gasteiger partial charge on any atom is 0.305 e. The van der Waals surface area contributed by atoms with Crippen LogP contribution in [-0.2, 0) is 14.3 Å². The van der Waals surface area contributed by atoms with E-state index in [1.807, 2.05) is 0 Å². The van der Waals surface area contributed by atoms with Crippen LogP contribution >= 0.6 is 0 Å². The van der Waals surface area contributed by atoms with Gasteiger partial charge in [-0.05, 0) is 26.2 Å². The van der Waals surface area contributed by atoms with Crippen molar-refractivity contribution in [2.75, 3.05) is 6.61 Å². The van der Waals surface area contributed by atoms with Gasteiger partial charge >= 0.3 is 5.97 Å². The number of aliphatic carboxylic acids is 1. The van der Waals surface area contributed by atoms with Gasteiger partial charge in [0.05, 0.1) is 12.5 Å². The van der Waals surface area contributed by atoms with E-state index in [0.717, 1.165) is 25.9 Å². The zero-order valence-electron chi connectivity index (χ0n) is 7.86. The summed E-state index contributed by atoms with van der Waals surface area (Å²) in [6.45, 7) is 2.48. The van der Waals surface area contributed by atoms with Crippen molar-refractivity contribution in [1.29, 1.82) is 0 Å². The molecule has 4 nitrogen and oxygen atoms in total. The Morgan fingerprint density at radius 1 is 1.69 bits per heavy atom. The molecule has 0 radical (unpaired) electrons. The summed E-state index contributed by atoms with van der Waals surface area (Å²) < 4.78 is 10.7. The first-order valence-electron chi connectivity index (χ1n) is 4.67. The lowest BCUT2D eigenvalue weighted by molar-refractivity contribution is -0.188. The van der Waals surface area contributed by atoms with E-state index >= 15 is 0 Å². The van der Waals surface area contributed by atoms with Gasteiger partial charge in [-0.25, -0.2) is 0 Å². The summed E-state index contributed by atoms with van der Waals surface area (Å²) in [5.74, 6) is -0.830. The van der Waals surface area contributed by atoms with Gasteiger partial charge in [0.25, 0.3) is 0 Å². The van der Waals surface area contributed by atoms with Gasteiger partial charge in [0.15, 0.2) is 6.29 Å². The molecule has 0 aromatic carbocycles. The van der Waals surface area contributed by atoms with Crippen LogP contribution in [0, 0.1) is 0 Å². The molecule has 1 fully saturated rings. The van der Waals surface area contributed by atoms with Crippen LogP contribution in [0.1, 0.15) is 32.6 Å². The van der Waals surface area contributed by atoms with Crippen molar-refractivity contribution in [2.45, 2.75) is 45.0 Å². The van der Waals surface area contributed by atoms with Crippen LogP contribution in [0.5, 0.6) is 0 Å². The van der Waals surface area contributed by atoms with Crippen molar-refractivity contribution in [3.05, 3.63) is 0 Å². The van der Waals surface area contributed by atoms with Crippen LogP contribution in [0.2, 0.25) is 0 Å².